The number of nitrogen functional groups attached to an aromatic ring is 1. The fraction of sp³-hybridized carbons (Fsp3) is 0.211. The Bertz CT molecular complexity index is 1060. The van der Waals surface area contributed by atoms with Crippen LogP contribution >= 0.6 is 23.1 Å². The molecule has 0 spiro atoms. The topological polar surface area (TPSA) is 101 Å². The molecular weight excluding hydrogens is 396 g/mol. The van der Waals surface area contributed by atoms with Crippen LogP contribution < -0.4 is 21.9 Å². The van der Waals surface area contributed by atoms with Gasteiger partial charge < -0.3 is 10.6 Å². The van der Waals surface area contributed by atoms with Gasteiger partial charge in [-0.3, -0.25) is 19.1 Å². The first-order valence-electron chi connectivity index (χ1n) is 8.64. The molecule has 7 nitrogen and oxygen atoms in total. The first kappa shape index (κ1) is 20.0. The first-order valence-corrected chi connectivity index (χ1v) is 10.5. The minimum Gasteiger partial charge on any atom is -0.383 e. The number of hydrogen-bond acceptors (Lipinski definition) is 6. The molecule has 28 heavy (non-hydrogen) atoms. The molecule has 0 fully saturated rings. The Morgan fingerprint density at radius 3 is 2.61 bits per heavy atom. The quantitative estimate of drug-likeness (QED) is 0.576. The maximum atomic E-state index is 12.7. The van der Waals surface area contributed by atoms with E-state index in [-0.39, 0.29) is 36.3 Å². The summed E-state index contributed by atoms with van der Waals surface area (Å²) in [7, 11) is 0. The van der Waals surface area contributed by atoms with Crippen molar-refractivity contribution in [3.63, 3.8) is 0 Å². The van der Waals surface area contributed by atoms with Gasteiger partial charge >= 0.3 is 5.69 Å². The summed E-state index contributed by atoms with van der Waals surface area (Å²) in [6.07, 6.45) is 0. The summed E-state index contributed by atoms with van der Waals surface area (Å²) in [5, 5.41) is 1.94. The van der Waals surface area contributed by atoms with Crippen molar-refractivity contribution in [2.24, 2.45) is 0 Å². The molecular formula is C19H20N4O3S2. The number of anilines is 2. The average molecular weight is 417 g/mol. The lowest BCUT2D eigenvalue weighted by Crippen LogP contribution is -2.41. The summed E-state index contributed by atoms with van der Waals surface area (Å²) in [4.78, 5) is 41.1. The van der Waals surface area contributed by atoms with Crippen molar-refractivity contribution in [3.8, 4) is 0 Å². The lowest BCUT2D eigenvalue weighted by atomic mass is 10.2. The molecule has 3 rings (SSSR count). The van der Waals surface area contributed by atoms with Crippen LogP contribution in [0.15, 0.2) is 61.6 Å². The maximum absolute atomic E-state index is 12.7. The van der Waals surface area contributed by atoms with Crippen LogP contribution in [0, 0.1) is 0 Å². The van der Waals surface area contributed by atoms with Crippen molar-refractivity contribution >= 4 is 40.5 Å². The van der Waals surface area contributed by atoms with E-state index < -0.39 is 11.2 Å². The molecule has 146 valence electrons. The number of H-pyrrole nitrogens is 1. The molecule has 0 bridgehead atoms. The zero-order valence-electron chi connectivity index (χ0n) is 15.3. The standard InChI is InChI=1S/C19H20N4O3S2/c1-2-22(14(24)12-28-15-9-6-10-27-15)16-17(20)23(19(26)21-18(16)25)11-13-7-4-3-5-8-13/h3-10H,2,11-12,20H2,1H3,(H,21,25,26). The number of aromatic amines is 1. The molecule has 0 aliphatic carbocycles. The number of carbonyl (C=O) groups is 1. The van der Waals surface area contributed by atoms with E-state index in [1.165, 1.54) is 21.2 Å². The number of amides is 1. The monoisotopic (exact) mass is 416 g/mol. The Labute approximate surface area is 169 Å². The smallest absolute Gasteiger partial charge is 0.330 e. The van der Waals surface area contributed by atoms with Crippen molar-refractivity contribution in [1.29, 1.82) is 0 Å². The minimum absolute atomic E-state index is 0.00908. The van der Waals surface area contributed by atoms with Gasteiger partial charge in [-0.2, -0.15) is 0 Å². The second-order valence-electron chi connectivity index (χ2n) is 5.92. The number of hydrogen-bond donors (Lipinski definition) is 2. The van der Waals surface area contributed by atoms with E-state index in [4.69, 9.17) is 5.73 Å². The largest absolute Gasteiger partial charge is 0.383 e. The van der Waals surface area contributed by atoms with Crippen molar-refractivity contribution in [2.45, 2.75) is 17.7 Å². The molecule has 2 heterocycles. The third-order valence-corrected chi connectivity index (χ3v) is 6.23. The van der Waals surface area contributed by atoms with E-state index in [9.17, 15) is 14.4 Å². The van der Waals surface area contributed by atoms with E-state index in [1.807, 2.05) is 47.8 Å². The summed E-state index contributed by atoms with van der Waals surface area (Å²) in [5.41, 5.74) is 5.78. The van der Waals surface area contributed by atoms with E-state index >= 15 is 0 Å². The normalized spacial score (nSPS) is 10.8. The summed E-state index contributed by atoms with van der Waals surface area (Å²) < 4.78 is 2.29. The van der Waals surface area contributed by atoms with Gasteiger partial charge in [0.15, 0.2) is 5.69 Å². The Morgan fingerprint density at radius 2 is 1.96 bits per heavy atom. The number of nitrogens with one attached hydrogen (secondary N) is 1. The highest BCUT2D eigenvalue weighted by molar-refractivity contribution is 8.01. The lowest BCUT2D eigenvalue weighted by Gasteiger charge is -2.23. The van der Waals surface area contributed by atoms with Gasteiger partial charge in [-0.05, 0) is 23.9 Å². The fourth-order valence-corrected chi connectivity index (χ4v) is 4.44. The predicted molar refractivity (Wildman–Crippen MR) is 114 cm³/mol. The van der Waals surface area contributed by atoms with E-state index in [2.05, 4.69) is 4.98 Å². The van der Waals surface area contributed by atoms with Crippen LogP contribution in [-0.2, 0) is 11.3 Å². The molecule has 0 radical (unpaired) electrons. The Morgan fingerprint density at radius 1 is 1.21 bits per heavy atom. The van der Waals surface area contributed by atoms with Crippen molar-refractivity contribution in [2.75, 3.05) is 22.9 Å². The summed E-state index contributed by atoms with van der Waals surface area (Å²) in [6, 6.07) is 13.1. The summed E-state index contributed by atoms with van der Waals surface area (Å²) in [6.45, 7) is 2.23. The molecule has 1 amide bonds. The highest BCUT2D eigenvalue weighted by Crippen LogP contribution is 2.25. The molecule has 0 saturated carbocycles. The Balaban J connectivity index is 1.92. The molecule has 1 aromatic carbocycles. The third-order valence-electron chi connectivity index (χ3n) is 4.12. The first-order chi connectivity index (χ1) is 13.5. The Hall–Kier alpha value is -2.78. The SMILES string of the molecule is CCN(C(=O)CSc1cccs1)c1c(N)n(Cc2ccccc2)c(=O)[nH]c1=O. The molecule has 3 N–H and O–H groups in total. The second-order valence-corrected chi connectivity index (χ2v) is 8.15. The van der Waals surface area contributed by atoms with E-state index in [0.717, 1.165) is 9.77 Å². The van der Waals surface area contributed by atoms with Crippen LogP contribution in [0.3, 0.4) is 0 Å². The molecule has 0 aliphatic rings. The molecule has 3 aromatic rings. The zero-order valence-corrected chi connectivity index (χ0v) is 16.9. The van der Waals surface area contributed by atoms with Crippen molar-refractivity contribution in [3.05, 3.63) is 74.2 Å². The van der Waals surface area contributed by atoms with Crippen LogP contribution in [0.4, 0.5) is 11.5 Å². The molecule has 9 heteroatoms. The van der Waals surface area contributed by atoms with Gasteiger partial charge in [0.25, 0.3) is 5.56 Å². The number of nitrogens with two attached hydrogens (primary N) is 1. The highest BCUT2D eigenvalue weighted by atomic mass is 32.2. The van der Waals surface area contributed by atoms with E-state index in [0.29, 0.717) is 0 Å². The highest BCUT2D eigenvalue weighted by Gasteiger charge is 2.23. The van der Waals surface area contributed by atoms with Gasteiger partial charge in [0.05, 0.1) is 16.5 Å². The van der Waals surface area contributed by atoms with Crippen molar-refractivity contribution < 1.29 is 4.79 Å². The molecule has 0 unspecified atom stereocenters. The van der Waals surface area contributed by atoms with Gasteiger partial charge in [0.1, 0.15) is 5.82 Å². The minimum atomic E-state index is -0.664. The lowest BCUT2D eigenvalue weighted by molar-refractivity contribution is -0.116. The van der Waals surface area contributed by atoms with Gasteiger partial charge in [-0.1, -0.05) is 36.4 Å². The molecule has 0 aliphatic heterocycles. The number of rotatable bonds is 7. The van der Waals surface area contributed by atoms with Crippen LogP contribution in [0.1, 0.15) is 12.5 Å². The van der Waals surface area contributed by atoms with Gasteiger partial charge in [-0.15, -0.1) is 23.1 Å². The summed E-state index contributed by atoms with van der Waals surface area (Å²) in [5.74, 6) is -0.0951. The van der Waals surface area contributed by atoms with Crippen LogP contribution in [0.2, 0.25) is 0 Å². The zero-order chi connectivity index (χ0) is 20.1. The van der Waals surface area contributed by atoms with Crippen LogP contribution in [0.5, 0.6) is 0 Å². The van der Waals surface area contributed by atoms with Gasteiger partial charge in [0.2, 0.25) is 5.91 Å². The van der Waals surface area contributed by atoms with Crippen molar-refractivity contribution in [1.82, 2.24) is 9.55 Å². The van der Waals surface area contributed by atoms with Crippen LogP contribution in [-0.4, -0.2) is 27.8 Å². The summed E-state index contributed by atoms with van der Waals surface area (Å²) >= 11 is 2.95. The number of thioether (sulfide) groups is 1. The number of thiophene rings is 1. The van der Waals surface area contributed by atoms with Crippen LogP contribution in [0.25, 0.3) is 0 Å². The number of aromatic nitrogens is 2. The fourth-order valence-electron chi connectivity index (χ4n) is 2.78. The second kappa shape index (κ2) is 8.94. The molecule has 0 saturated heterocycles. The number of benzene rings is 1. The number of nitrogens with zero attached hydrogens (tertiary/aromatic N) is 2. The number of carbonyl (C=O) groups excluding carboxylic acids is 1. The molecule has 0 atom stereocenters. The Kier molecular flexibility index (Phi) is 6.37. The van der Waals surface area contributed by atoms with Gasteiger partial charge in [-0.25, -0.2) is 4.79 Å². The molecule has 2 aromatic heterocycles. The predicted octanol–water partition coefficient (Wildman–Crippen LogP) is 2.37. The van der Waals surface area contributed by atoms with Gasteiger partial charge in [0, 0.05) is 6.54 Å². The average Bonchev–Trinajstić information content (AvgIpc) is 3.21. The maximum Gasteiger partial charge on any atom is 0.330 e. The van der Waals surface area contributed by atoms with E-state index in [1.54, 1.807) is 18.3 Å². The third kappa shape index (κ3) is 4.37.